The Morgan fingerprint density at radius 2 is 2.33 bits per heavy atom. The minimum atomic E-state index is -0.562. The van der Waals surface area contributed by atoms with Crippen molar-refractivity contribution in [1.29, 1.82) is 5.26 Å². The van der Waals surface area contributed by atoms with Crippen molar-refractivity contribution in [2.45, 2.75) is 6.42 Å². The van der Waals surface area contributed by atoms with Crippen molar-refractivity contribution >= 4 is 21.9 Å². The van der Waals surface area contributed by atoms with Crippen LogP contribution in [0.4, 0.5) is 4.39 Å². The average Bonchev–Trinajstić information content (AvgIpc) is 2.22. The lowest BCUT2D eigenvalue weighted by atomic mass is 10.1. The van der Waals surface area contributed by atoms with Gasteiger partial charge in [-0.2, -0.15) is 5.26 Å². The molecule has 0 fully saturated rings. The molecule has 0 saturated carbocycles. The van der Waals surface area contributed by atoms with Crippen LogP contribution in [0.5, 0.6) is 0 Å². The molecule has 0 amide bonds. The summed E-state index contributed by atoms with van der Waals surface area (Å²) in [6.45, 7) is 0. The number of carbonyl (C=O) groups excluding carboxylic acids is 1. The number of esters is 1. The Hall–Kier alpha value is -1.41. The molecule has 15 heavy (non-hydrogen) atoms. The van der Waals surface area contributed by atoms with Crippen LogP contribution in [0.15, 0.2) is 16.6 Å². The maximum Gasteiger partial charge on any atom is 0.309 e. The molecule has 0 radical (unpaired) electrons. The Labute approximate surface area is 94.6 Å². The summed E-state index contributed by atoms with van der Waals surface area (Å²) in [5, 5.41) is 8.70. The quantitative estimate of drug-likeness (QED) is 0.775. The van der Waals surface area contributed by atoms with E-state index in [0.29, 0.717) is 5.56 Å². The molecule has 0 aliphatic rings. The third kappa shape index (κ3) is 2.77. The summed E-state index contributed by atoms with van der Waals surface area (Å²) in [5.41, 5.74) is 0.577. The zero-order valence-corrected chi connectivity index (χ0v) is 9.47. The van der Waals surface area contributed by atoms with E-state index in [1.165, 1.54) is 19.2 Å². The normalized spacial score (nSPS) is 9.47. The Morgan fingerprint density at radius 1 is 1.67 bits per heavy atom. The van der Waals surface area contributed by atoms with Gasteiger partial charge < -0.3 is 4.74 Å². The number of benzene rings is 1. The predicted octanol–water partition coefficient (Wildman–Crippen LogP) is 2.18. The second-order valence-electron chi connectivity index (χ2n) is 2.80. The van der Waals surface area contributed by atoms with Gasteiger partial charge in [-0.05, 0) is 33.6 Å². The van der Waals surface area contributed by atoms with Gasteiger partial charge >= 0.3 is 5.97 Å². The third-order valence-corrected chi connectivity index (χ3v) is 2.59. The predicted molar refractivity (Wildman–Crippen MR) is 54.5 cm³/mol. The van der Waals surface area contributed by atoms with Crippen molar-refractivity contribution in [3.8, 4) is 6.07 Å². The molecule has 1 aromatic rings. The highest BCUT2D eigenvalue weighted by atomic mass is 79.9. The van der Waals surface area contributed by atoms with E-state index in [2.05, 4.69) is 20.7 Å². The smallest absolute Gasteiger partial charge is 0.309 e. The molecule has 5 heteroatoms. The Bertz CT molecular complexity index is 440. The summed E-state index contributed by atoms with van der Waals surface area (Å²) in [6.07, 6.45) is -0.0463. The number of rotatable bonds is 2. The topological polar surface area (TPSA) is 50.1 Å². The first-order valence-corrected chi connectivity index (χ1v) is 4.82. The van der Waals surface area contributed by atoms with Crippen LogP contribution in [-0.2, 0) is 16.0 Å². The van der Waals surface area contributed by atoms with Gasteiger partial charge in [0.25, 0.3) is 0 Å². The lowest BCUT2D eigenvalue weighted by Crippen LogP contribution is -2.05. The standard InChI is InChI=1S/C10H7BrFNO2/c1-15-9(14)4-6-2-7(5-13)10(11)8(12)3-6/h2-3H,4H2,1H3. The molecule has 0 heterocycles. The first-order valence-electron chi connectivity index (χ1n) is 4.03. The minimum absolute atomic E-state index is 0.0463. The number of carbonyl (C=O) groups is 1. The van der Waals surface area contributed by atoms with Crippen LogP contribution in [0.3, 0.4) is 0 Å². The van der Waals surface area contributed by atoms with E-state index in [0.717, 1.165) is 0 Å². The highest BCUT2D eigenvalue weighted by molar-refractivity contribution is 9.10. The van der Waals surface area contributed by atoms with Crippen LogP contribution >= 0.6 is 15.9 Å². The van der Waals surface area contributed by atoms with Gasteiger partial charge in [0.2, 0.25) is 0 Å². The highest BCUT2D eigenvalue weighted by Crippen LogP contribution is 2.22. The Balaban J connectivity index is 3.07. The second-order valence-corrected chi connectivity index (χ2v) is 3.60. The van der Waals surface area contributed by atoms with E-state index in [-0.39, 0.29) is 16.5 Å². The molecule has 0 bridgehead atoms. The fraction of sp³-hybridized carbons (Fsp3) is 0.200. The highest BCUT2D eigenvalue weighted by Gasteiger charge is 2.10. The van der Waals surface area contributed by atoms with Crippen LogP contribution in [0.25, 0.3) is 0 Å². The summed E-state index contributed by atoms with van der Waals surface area (Å²) in [6, 6.07) is 4.47. The fourth-order valence-corrected chi connectivity index (χ4v) is 1.39. The van der Waals surface area contributed by atoms with Gasteiger partial charge in [0, 0.05) is 0 Å². The zero-order valence-electron chi connectivity index (χ0n) is 7.88. The molecule has 0 aliphatic carbocycles. The van der Waals surface area contributed by atoms with Gasteiger partial charge in [0.05, 0.1) is 23.6 Å². The summed E-state index contributed by atoms with van der Waals surface area (Å²) >= 11 is 2.94. The van der Waals surface area contributed by atoms with Gasteiger partial charge in [0.1, 0.15) is 11.9 Å². The largest absolute Gasteiger partial charge is 0.469 e. The van der Waals surface area contributed by atoms with Gasteiger partial charge in [-0.3, -0.25) is 4.79 Å². The van der Waals surface area contributed by atoms with Crippen molar-refractivity contribution in [3.63, 3.8) is 0 Å². The molecule has 0 unspecified atom stereocenters. The number of nitriles is 1. The van der Waals surface area contributed by atoms with Crippen molar-refractivity contribution in [3.05, 3.63) is 33.5 Å². The maximum absolute atomic E-state index is 13.2. The monoisotopic (exact) mass is 271 g/mol. The van der Waals surface area contributed by atoms with Crippen LogP contribution in [0.2, 0.25) is 0 Å². The van der Waals surface area contributed by atoms with Gasteiger partial charge in [0.15, 0.2) is 0 Å². The van der Waals surface area contributed by atoms with Crippen molar-refractivity contribution < 1.29 is 13.9 Å². The zero-order chi connectivity index (χ0) is 11.4. The minimum Gasteiger partial charge on any atom is -0.469 e. The van der Waals surface area contributed by atoms with Crippen LogP contribution in [0, 0.1) is 17.1 Å². The van der Waals surface area contributed by atoms with Crippen LogP contribution in [0.1, 0.15) is 11.1 Å². The number of nitrogens with zero attached hydrogens (tertiary/aromatic N) is 1. The lowest BCUT2D eigenvalue weighted by Gasteiger charge is -2.03. The molecule has 0 N–H and O–H groups in total. The van der Waals surface area contributed by atoms with Crippen molar-refractivity contribution in [2.75, 3.05) is 7.11 Å². The van der Waals surface area contributed by atoms with Crippen molar-refractivity contribution in [1.82, 2.24) is 0 Å². The summed E-state index contributed by atoms with van der Waals surface area (Å²) in [7, 11) is 1.25. The molecular formula is C10H7BrFNO2. The number of methoxy groups -OCH3 is 1. The summed E-state index contributed by atoms with van der Waals surface area (Å²) in [4.78, 5) is 10.9. The lowest BCUT2D eigenvalue weighted by molar-refractivity contribution is -0.139. The van der Waals surface area contributed by atoms with Gasteiger partial charge in [-0.1, -0.05) is 0 Å². The molecule has 1 aromatic carbocycles. The molecule has 0 aliphatic heterocycles. The van der Waals surface area contributed by atoms with E-state index < -0.39 is 11.8 Å². The fourth-order valence-electron chi connectivity index (χ4n) is 1.07. The molecule has 1 rings (SSSR count). The first kappa shape index (κ1) is 11.7. The Kier molecular flexibility index (Phi) is 3.81. The first-order chi connectivity index (χ1) is 7.08. The summed E-state index contributed by atoms with van der Waals surface area (Å²) < 4.78 is 17.8. The molecular weight excluding hydrogens is 265 g/mol. The Morgan fingerprint density at radius 3 is 2.87 bits per heavy atom. The number of ether oxygens (including phenoxy) is 1. The van der Waals surface area contributed by atoms with Gasteiger partial charge in [-0.15, -0.1) is 0 Å². The van der Waals surface area contributed by atoms with Crippen molar-refractivity contribution in [2.24, 2.45) is 0 Å². The molecule has 0 aromatic heterocycles. The van der Waals surface area contributed by atoms with Crippen LogP contribution in [-0.4, -0.2) is 13.1 Å². The second kappa shape index (κ2) is 4.89. The van der Waals surface area contributed by atoms with E-state index >= 15 is 0 Å². The van der Waals surface area contributed by atoms with Gasteiger partial charge in [-0.25, -0.2) is 4.39 Å². The van der Waals surface area contributed by atoms with E-state index in [1.807, 2.05) is 6.07 Å². The average molecular weight is 272 g/mol. The van der Waals surface area contributed by atoms with E-state index in [9.17, 15) is 9.18 Å². The molecule has 0 atom stereocenters. The molecule has 0 spiro atoms. The van der Waals surface area contributed by atoms with E-state index in [4.69, 9.17) is 5.26 Å². The van der Waals surface area contributed by atoms with Crippen LogP contribution < -0.4 is 0 Å². The number of hydrogen-bond donors (Lipinski definition) is 0. The summed E-state index contributed by atoms with van der Waals surface area (Å²) in [5.74, 6) is -1.03. The number of halogens is 2. The third-order valence-electron chi connectivity index (χ3n) is 1.78. The molecule has 3 nitrogen and oxygen atoms in total. The maximum atomic E-state index is 13.2. The van der Waals surface area contributed by atoms with E-state index in [1.54, 1.807) is 0 Å². The number of hydrogen-bond acceptors (Lipinski definition) is 3. The SMILES string of the molecule is COC(=O)Cc1cc(F)c(Br)c(C#N)c1. The molecule has 78 valence electrons. The molecule has 0 saturated heterocycles.